The van der Waals surface area contributed by atoms with Gasteiger partial charge in [-0.15, -0.1) is 0 Å². The fourth-order valence-corrected chi connectivity index (χ4v) is 4.58. The lowest BCUT2D eigenvalue weighted by Gasteiger charge is -2.39. The quantitative estimate of drug-likeness (QED) is 0.768. The SMILES string of the molecule is CC[C@]12CCCn3ccc(c31)-c1ccccc1N(C)C(=O)CC2. The minimum atomic E-state index is 0.144. The van der Waals surface area contributed by atoms with Gasteiger partial charge in [0.05, 0.1) is 5.69 Å². The third-order valence-corrected chi connectivity index (χ3v) is 5.94. The summed E-state index contributed by atoms with van der Waals surface area (Å²) >= 11 is 0. The predicted octanol–water partition coefficient (Wildman–Crippen LogP) is 4.35. The van der Waals surface area contributed by atoms with Crippen molar-refractivity contribution in [2.24, 2.45) is 0 Å². The van der Waals surface area contributed by atoms with Crippen molar-refractivity contribution in [3.63, 3.8) is 0 Å². The number of aromatic nitrogens is 1. The van der Waals surface area contributed by atoms with Crippen LogP contribution in [-0.4, -0.2) is 17.5 Å². The minimum Gasteiger partial charge on any atom is -0.350 e. The number of benzene rings is 1. The Morgan fingerprint density at radius 3 is 2.78 bits per heavy atom. The predicted molar refractivity (Wildman–Crippen MR) is 93.7 cm³/mol. The highest BCUT2D eigenvalue weighted by Crippen LogP contribution is 2.48. The normalized spacial score (nSPS) is 23.6. The standard InChI is InChI=1S/C20H24N2O/c1-3-20-11-6-13-22-14-10-16(19(20)22)15-7-4-5-8-17(15)21(2)18(23)9-12-20/h4-5,7-8,10,14H,3,6,9,11-13H2,1-2H3/t20-/m1/s1. The Hall–Kier alpha value is -2.03. The molecule has 3 nitrogen and oxygen atoms in total. The Bertz CT molecular complexity index is 761. The molecule has 0 fully saturated rings. The Labute approximate surface area is 137 Å². The summed E-state index contributed by atoms with van der Waals surface area (Å²) in [6, 6.07) is 10.6. The number of carbonyl (C=O) groups is 1. The molecule has 0 bridgehead atoms. The third kappa shape index (κ3) is 2.06. The van der Waals surface area contributed by atoms with Crippen molar-refractivity contribution in [2.75, 3.05) is 11.9 Å². The van der Waals surface area contributed by atoms with E-state index in [1.165, 1.54) is 29.7 Å². The van der Waals surface area contributed by atoms with E-state index in [-0.39, 0.29) is 11.3 Å². The molecule has 1 atom stereocenters. The van der Waals surface area contributed by atoms with Crippen LogP contribution in [0.2, 0.25) is 0 Å². The molecule has 4 rings (SSSR count). The van der Waals surface area contributed by atoms with Crippen LogP contribution in [0.5, 0.6) is 0 Å². The van der Waals surface area contributed by atoms with E-state index < -0.39 is 0 Å². The Morgan fingerprint density at radius 2 is 1.96 bits per heavy atom. The first-order chi connectivity index (χ1) is 11.2. The summed E-state index contributed by atoms with van der Waals surface area (Å²) in [4.78, 5) is 14.5. The van der Waals surface area contributed by atoms with Crippen LogP contribution >= 0.6 is 0 Å². The summed E-state index contributed by atoms with van der Waals surface area (Å²) in [5.41, 5.74) is 5.15. The number of para-hydroxylation sites is 1. The third-order valence-electron chi connectivity index (χ3n) is 5.94. The number of anilines is 1. The molecule has 23 heavy (non-hydrogen) atoms. The molecular formula is C20H24N2O. The first-order valence-electron chi connectivity index (χ1n) is 8.72. The van der Waals surface area contributed by atoms with E-state index in [4.69, 9.17) is 0 Å². The number of carbonyl (C=O) groups excluding carboxylic acids is 1. The number of hydrogen-bond acceptors (Lipinski definition) is 1. The minimum absolute atomic E-state index is 0.144. The number of nitrogens with zero attached hydrogens (tertiary/aromatic N) is 2. The van der Waals surface area contributed by atoms with Gasteiger partial charge in [-0.1, -0.05) is 25.1 Å². The van der Waals surface area contributed by atoms with Crippen LogP contribution in [0.25, 0.3) is 11.1 Å². The molecule has 120 valence electrons. The fourth-order valence-electron chi connectivity index (χ4n) is 4.58. The topological polar surface area (TPSA) is 25.2 Å². The van der Waals surface area contributed by atoms with E-state index in [1.807, 2.05) is 18.0 Å². The van der Waals surface area contributed by atoms with Crippen molar-refractivity contribution in [3.8, 4) is 11.1 Å². The van der Waals surface area contributed by atoms with Crippen molar-refractivity contribution >= 4 is 11.6 Å². The Kier molecular flexibility index (Phi) is 3.33. The molecule has 1 aromatic carbocycles. The van der Waals surface area contributed by atoms with Crippen LogP contribution in [0.3, 0.4) is 0 Å². The van der Waals surface area contributed by atoms with Crippen molar-refractivity contribution in [3.05, 3.63) is 42.2 Å². The van der Waals surface area contributed by atoms with Crippen LogP contribution in [-0.2, 0) is 16.8 Å². The van der Waals surface area contributed by atoms with Gasteiger partial charge in [-0.3, -0.25) is 4.79 Å². The molecule has 1 amide bonds. The van der Waals surface area contributed by atoms with E-state index in [1.54, 1.807) is 0 Å². The van der Waals surface area contributed by atoms with Gasteiger partial charge >= 0.3 is 0 Å². The van der Waals surface area contributed by atoms with Gasteiger partial charge in [0.25, 0.3) is 0 Å². The second-order valence-electron chi connectivity index (χ2n) is 6.98. The van der Waals surface area contributed by atoms with Crippen molar-refractivity contribution in [1.29, 1.82) is 0 Å². The summed E-state index contributed by atoms with van der Waals surface area (Å²) in [5.74, 6) is 0.229. The van der Waals surface area contributed by atoms with E-state index in [0.29, 0.717) is 6.42 Å². The first-order valence-corrected chi connectivity index (χ1v) is 8.72. The summed E-state index contributed by atoms with van der Waals surface area (Å²) in [5, 5.41) is 0. The maximum atomic E-state index is 12.7. The monoisotopic (exact) mass is 308 g/mol. The van der Waals surface area contributed by atoms with Gasteiger partial charge in [0.1, 0.15) is 0 Å². The first kappa shape index (κ1) is 14.6. The van der Waals surface area contributed by atoms with Crippen LogP contribution in [0.1, 0.15) is 44.7 Å². The second-order valence-corrected chi connectivity index (χ2v) is 6.98. The zero-order valence-electron chi connectivity index (χ0n) is 14.0. The summed E-state index contributed by atoms with van der Waals surface area (Å²) in [6.45, 7) is 3.38. The Morgan fingerprint density at radius 1 is 1.13 bits per heavy atom. The molecule has 0 aliphatic carbocycles. The molecule has 3 heterocycles. The highest BCUT2D eigenvalue weighted by Gasteiger charge is 2.39. The van der Waals surface area contributed by atoms with E-state index in [0.717, 1.165) is 25.1 Å². The number of amides is 1. The van der Waals surface area contributed by atoms with Gasteiger partial charge in [-0.05, 0) is 37.8 Å². The largest absolute Gasteiger partial charge is 0.350 e. The maximum Gasteiger partial charge on any atom is 0.226 e. The summed E-state index contributed by atoms with van der Waals surface area (Å²) in [7, 11) is 1.91. The molecule has 3 heteroatoms. The molecule has 0 N–H and O–H groups in total. The average molecular weight is 308 g/mol. The lowest BCUT2D eigenvalue weighted by Crippen LogP contribution is -2.34. The van der Waals surface area contributed by atoms with Gasteiger partial charge in [-0.2, -0.15) is 0 Å². The molecule has 2 aliphatic rings. The van der Waals surface area contributed by atoms with Crippen molar-refractivity contribution in [1.82, 2.24) is 4.57 Å². The smallest absolute Gasteiger partial charge is 0.226 e. The van der Waals surface area contributed by atoms with Crippen LogP contribution in [0, 0.1) is 0 Å². The molecule has 1 aromatic heterocycles. The van der Waals surface area contributed by atoms with Gasteiger partial charge in [0, 0.05) is 48.4 Å². The molecule has 0 unspecified atom stereocenters. The fraction of sp³-hybridized carbons (Fsp3) is 0.450. The molecule has 0 saturated carbocycles. The van der Waals surface area contributed by atoms with Gasteiger partial charge in [0.15, 0.2) is 0 Å². The van der Waals surface area contributed by atoms with Crippen molar-refractivity contribution in [2.45, 2.75) is 51.0 Å². The van der Waals surface area contributed by atoms with Gasteiger partial charge in [0.2, 0.25) is 5.91 Å². The lowest BCUT2D eigenvalue weighted by atomic mass is 9.70. The number of rotatable bonds is 1. The highest BCUT2D eigenvalue weighted by atomic mass is 16.2. The molecule has 0 saturated heterocycles. The van der Waals surface area contributed by atoms with Crippen LogP contribution in [0.4, 0.5) is 5.69 Å². The number of fused-ring (bicyclic) bond motifs is 2. The zero-order valence-corrected chi connectivity index (χ0v) is 14.0. The maximum absolute atomic E-state index is 12.7. The van der Waals surface area contributed by atoms with E-state index in [2.05, 4.69) is 42.0 Å². The Balaban J connectivity index is 2.02. The van der Waals surface area contributed by atoms with Crippen molar-refractivity contribution < 1.29 is 4.79 Å². The summed E-state index contributed by atoms with van der Waals surface area (Å²) in [6.07, 6.45) is 7.33. The van der Waals surface area contributed by atoms with E-state index >= 15 is 0 Å². The lowest BCUT2D eigenvalue weighted by molar-refractivity contribution is -0.118. The number of hydrogen-bond donors (Lipinski definition) is 0. The number of aryl methyl sites for hydroxylation is 1. The van der Waals surface area contributed by atoms with Crippen LogP contribution < -0.4 is 4.90 Å². The average Bonchev–Trinajstić information content (AvgIpc) is 3.04. The molecule has 2 aliphatic heterocycles. The van der Waals surface area contributed by atoms with Gasteiger partial charge in [-0.25, -0.2) is 0 Å². The van der Waals surface area contributed by atoms with E-state index in [9.17, 15) is 4.79 Å². The molecular weight excluding hydrogens is 284 g/mol. The highest BCUT2D eigenvalue weighted by molar-refractivity contribution is 5.98. The molecule has 2 aromatic rings. The molecule has 0 radical (unpaired) electrons. The van der Waals surface area contributed by atoms with Crippen LogP contribution in [0.15, 0.2) is 36.5 Å². The zero-order chi connectivity index (χ0) is 16.0. The molecule has 0 spiro atoms. The summed E-state index contributed by atoms with van der Waals surface area (Å²) < 4.78 is 2.44. The van der Waals surface area contributed by atoms with Gasteiger partial charge < -0.3 is 9.47 Å². The second kappa shape index (κ2) is 5.26.